The predicted molar refractivity (Wildman–Crippen MR) is 50.9 cm³/mol. The van der Waals surface area contributed by atoms with Crippen LogP contribution in [0.4, 0.5) is 0 Å². The molecule has 0 atom stereocenters. The molecule has 0 unspecified atom stereocenters. The zero-order valence-electron chi connectivity index (χ0n) is 5.40. The van der Waals surface area contributed by atoms with Gasteiger partial charge in [0.1, 0.15) is 0 Å². The quantitative estimate of drug-likeness (QED) is 0.411. The Morgan fingerprint density at radius 2 is 0.900 bits per heavy atom. The van der Waals surface area contributed by atoms with Gasteiger partial charge in [0, 0.05) is 0 Å². The second-order valence-corrected chi connectivity index (χ2v) is 1.99. The van der Waals surface area contributed by atoms with Crippen LogP contribution in [0.5, 0.6) is 0 Å². The van der Waals surface area contributed by atoms with E-state index in [0.29, 0.717) is 0 Å². The summed E-state index contributed by atoms with van der Waals surface area (Å²) in [7, 11) is 0. The molecule has 10 heavy (non-hydrogen) atoms. The number of hydrogen-bond donors (Lipinski definition) is 2. The summed E-state index contributed by atoms with van der Waals surface area (Å²) < 4.78 is 0. The van der Waals surface area contributed by atoms with Gasteiger partial charge in [-0.25, -0.2) is 0 Å². The van der Waals surface area contributed by atoms with Gasteiger partial charge < -0.3 is 11.5 Å². The molecule has 0 heterocycles. The van der Waals surface area contributed by atoms with Crippen molar-refractivity contribution < 1.29 is 0 Å². The van der Waals surface area contributed by atoms with Crippen LogP contribution in [0.15, 0.2) is 0 Å². The summed E-state index contributed by atoms with van der Waals surface area (Å²) >= 11 is 0. The van der Waals surface area contributed by atoms with E-state index in [2.05, 4.69) is 0 Å². The van der Waals surface area contributed by atoms with Crippen LogP contribution < -0.4 is 11.5 Å². The van der Waals surface area contributed by atoms with Gasteiger partial charge in [-0.1, -0.05) is 12.8 Å². The second-order valence-electron chi connectivity index (χ2n) is 1.99. The summed E-state index contributed by atoms with van der Waals surface area (Å²) in [6, 6.07) is 0. The molecule has 0 aromatic heterocycles. The van der Waals surface area contributed by atoms with Crippen molar-refractivity contribution in [2.24, 2.45) is 11.5 Å². The fraction of sp³-hybridized carbons (Fsp3) is 1.00. The van der Waals surface area contributed by atoms with Crippen molar-refractivity contribution in [1.82, 2.24) is 0 Å². The molecular weight excluding hydrogens is 146 g/mol. The third kappa shape index (κ3) is 16.5. The van der Waals surface area contributed by atoms with Crippen molar-refractivity contribution in [1.29, 1.82) is 0 Å². The second kappa shape index (κ2) is 17.1. The fourth-order valence-electron chi connectivity index (χ4n) is 0.642. The molecular formula is C6H18N2Na2. The Labute approximate surface area is 108 Å². The SMILES string of the molecule is NCCCCCCN.[NaH].[NaH]. The molecule has 0 amide bonds. The molecule has 4 heteroatoms. The van der Waals surface area contributed by atoms with E-state index < -0.39 is 0 Å². The number of rotatable bonds is 5. The third-order valence-corrected chi connectivity index (χ3v) is 1.16. The van der Waals surface area contributed by atoms with Gasteiger partial charge in [-0.3, -0.25) is 0 Å². The van der Waals surface area contributed by atoms with E-state index in [4.69, 9.17) is 11.5 Å². The minimum atomic E-state index is 0. The van der Waals surface area contributed by atoms with Crippen LogP contribution in [0.2, 0.25) is 0 Å². The molecule has 0 radical (unpaired) electrons. The summed E-state index contributed by atoms with van der Waals surface area (Å²) in [5.41, 5.74) is 10.6. The van der Waals surface area contributed by atoms with Crippen LogP contribution in [0, 0.1) is 0 Å². The van der Waals surface area contributed by atoms with Crippen LogP contribution in [0.25, 0.3) is 0 Å². The Morgan fingerprint density at radius 1 is 0.600 bits per heavy atom. The van der Waals surface area contributed by atoms with E-state index in [9.17, 15) is 0 Å². The Hall–Kier alpha value is 1.92. The van der Waals surface area contributed by atoms with Crippen LogP contribution in [-0.2, 0) is 0 Å². The Balaban J connectivity index is -0.000000245. The topological polar surface area (TPSA) is 52.0 Å². The van der Waals surface area contributed by atoms with E-state index in [1.807, 2.05) is 0 Å². The van der Waals surface area contributed by atoms with Gasteiger partial charge in [-0.15, -0.1) is 0 Å². The Morgan fingerprint density at radius 3 is 1.10 bits per heavy atom. The Bertz CT molecular complexity index is 38.7. The van der Waals surface area contributed by atoms with Crippen molar-refractivity contribution >= 4 is 59.1 Å². The van der Waals surface area contributed by atoms with Crippen LogP contribution in [0.1, 0.15) is 25.7 Å². The molecule has 0 aromatic carbocycles. The first-order valence-electron chi connectivity index (χ1n) is 3.32. The molecule has 0 rings (SSSR count). The fourth-order valence-corrected chi connectivity index (χ4v) is 0.642. The molecule has 0 bridgehead atoms. The zero-order chi connectivity index (χ0) is 6.24. The van der Waals surface area contributed by atoms with E-state index in [1.165, 1.54) is 12.8 Å². The van der Waals surface area contributed by atoms with Gasteiger partial charge >= 0.3 is 59.1 Å². The molecule has 2 nitrogen and oxygen atoms in total. The van der Waals surface area contributed by atoms with E-state index in [1.54, 1.807) is 0 Å². The number of unbranched alkanes of at least 4 members (excludes halogenated alkanes) is 3. The van der Waals surface area contributed by atoms with Gasteiger partial charge in [0.15, 0.2) is 0 Å². The summed E-state index contributed by atoms with van der Waals surface area (Å²) in [6.07, 6.45) is 4.79. The standard InChI is InChI=1S/C6H16N2.2Na.2H/c7-5-3-1-2-4-6-8;;;;/h1-8H2;;;;. The van der Waals surface area contributed by atoms with Crippen molar-refractivity contribution in [2.45, 2.75) is 25.7 Å². The first-order valence-corrected chi connectivity index (χ1v) is 3.32. The molecule has 0 aliphatic carbocycles. The van der Waals surface area contributed by atoms with Gasteiger partial charge in [0.2, 0.25) is 0 Å². The zero-order valence-corrected chi connectivity index (χ0v) is 5.40. The average molecular weight is 164 g/mol. The number of nitrogens with two attached hydrogens (primary N) is 2. The van der Waals surface area contributed by atoms with Crippen molar-refractivity contribution in [2.75, 3.05) is 13.1 Å². The van der Waals surface area contributed by atoms with Crippen LogP contribution in [-0.4, -0.2) is 72.2 Å². The molecule has 0 aromatic rings. The van der Waals surface area contributed by atoms with Crippen molar-refractivity contribution in [3.8, 4) is 0 Å². The van der Waals surface area contributed by atoms with Crippen molar-refractivity contribution in [3.05, 3.63) is 0 Å². The van der Waals surface area contributed by atoms with Gasteiger partial charge in [-0.2, -0.15) is 0 Å². The molecule has 4 N–H and O–H groups in total. The maximum atomic E-state index is 5.28. The van der Waals surface area contributed by atoms with Crippen LogP contribution >= 0.6 is 0 Å². The molecule has 0 spiro atoms. The van der Waals surface area contributed by atoms with Crippen molar-refractivity contribution in [3.63, 3.8) is 0 Å². The van der Waals surface area contributed by atoms with Crippen LogP contribution in [0.3, 0.4) is 0 Å². The monoisotopic (exact) mass is 164 g/mol. The molecule has 0 fully saturated rings. The van der Waals surface area contributed by atoms with E-state index in [0.717, 1.165) is 25.9 Å². The van der Waals surface area contributed by atoms with E-state index in [-0.39, 0.29) is 59.1 Å². The number of hydrogen-bond acceptors (Lipinski definition) is 2. The molecule has 0 aliphatic heterocycles. The molecule has 0 saturated carbocycles. The summed E-state index contributed by atoms with van der Waals surface area (Å²) in [4.78, 5) is 0. The first kappa shape index (κ1) is 17.9. The van der Waals surface area contributed by atoms with Gasteiger partial charge in [-0.05, 0) is 25.9 Å². The molecule has 0 saturated heterocycles. The first-order chi connectivity index (χ1) is 3.91. The van der Waals surface area contributed by atoms with Gasteiger partial charge in [0.05, 0.1) is 0 Å². The average Bonchev–Trinajstić information content (AvgIpc) is 1.81. The maximum absolute atomic E-state index is 5.28. The summed E-state index contributed by atoms with van der Waals surface area (Å²) in [6.45, 7) is 1.65. The molecule has 0 aliphatic rings. The van der Waals surface area contributed by atoms with E-state index >= 15 is 0 Å². The molecule has 54 valence electrons. The Kier molecular flexibility index (Phi) is 30.6. The summed E-state index contributed by atoms with van der Waals surface area (Å²) in [5.74, 6) is 0. The van der Waals surface area contributed by atoms with Gasteiger partial charge in [0.25, 0.3) is 0 Å². The third-order valence-electron chi connectivity index (χ3n) is 1.16. The summed E-state index contributed by atoms with van der Waals surface area (Å²) in [5, 5.41) is 0. The predicted octanol–water partition coefficient (Wildman–Crippen LogP) is -0.833. The minimum absolute atomic E-state index is 0. The normalized spacial score (nSPS) is 7.80.